The van der Waals surface area contributed by atoms with Crippen LogP contribution in [0.2, 0.25) is 0 Å². The van der Waals surface area contributed by atoms with Crippen LogP contribution in [0.3, 0.4) is 0 Å². The van der Waals surface area contributed by atoms with Crippen molar-refractivity contribution < 1.29 is 24.4 Å². The van der Waals surface area contributed by atoms with Gasteiger partial charge in [0.25, 0.3) is 0 Å². The molecule has 0 saturated heterocycles. The van der Waals surface area contributed by atoms with Crippen LogP contribution >= 0.6 is 0 Å². The lowest BCUT2D eigenvalue weighted by atomic mass is 10.0. The second-order valence-electron chi connectivity index (χ2n) is 9.63. The van der Waals surface area contributed by atoms with Gasteiger partial charge in [-0.1, -0.05) is 42.5 Å². The summed E-state index contributed by atoms with van der Waals surface area (Å²) < 4.78 is 19.4. The molecule has 3 heterocycles. The molecule has 0 spiro atoms. The van der Waals surface area contributed by atoms with Crippen molar-refractivity contribution in [3.8, 4) is 56.9 Å². The van der Waals surface area contributed by atoms with Gasteiger partial charge in [0.1, 0.15) is 42.6 Å². The highest BCUT2D eigenvalue weighted by Crippen LogP contribution is 2.42. The summed E-state index contributed by atoms with van der Waals surface area (Å²) in [7, 11) is 0. The van der Waals surface area contributed by atoms with Crippen LogP contribution in [0, 0.1) is 0 Å². The lowest BCUT2D eigenvalue weighted by molar-refractivity contribution is 0.171. The number of fused-ring (bicyclic) bond motifs is 2. The first-order valence-corrected chi connectivity index (χ1v) is 13.2. The summed E-state index contributed by atoms with van der Waals surface area (Å²) in [6.45, 7) is 1.38. The summed E-state index contributed by atoms with van der Waals surface area (Å²) in [6.07, 6.45) is 1.70. The first-order valence-electron chi connectivity index (χ1n) is 13.2. The highest BCUT2D eigenvalue weighted by Gasteiger charge is 2.22. The van der Waals surface area contributed by atoms with E-state index >= 15 is 0 Å². The van der Waals surface area contributed by atoms with E-state index in [2.05, 4.69) is 4.98 Å². The van der Waals surface area contributed by atoms with Crippen molar-refractivity contribution in [2.45, 2.75) is 6.61 Å². The Kier molecular flexibility index (Phi) is 6.13. The zero-order chi connectivity index (χ0) is 27.8. The fourth-order valence-corrected chi connectivity index (χ4v) is 4.99. The quantitative estimate of drug-likeness (QED) is 0.247. The van der Waals surface area contributed by atoms with Gasteiger partial charge < -0.3 is 24.4 Å². The van der Waals surface area contributed by atoms with Crippen molar-refractivity contribution in [2.24, 2.45) is 0 Å². The van der Waals surface area contributed by atoms with Gasteiger partial charge in [-0.25, -0.2) is 9.97 Å². The smallest absolute Gasteiger partial charge is 0.164 e. The van der Waals surface area contributed by atoms with Gasteiger partial charge in [-0.05, 0) is 53.6 Å². The summed E-state index contributed by atoms with van der Waals surface area (Å²) >= 11 is 0. The van der Waals surface area contributed by atoms with E-state index in [0.717, 1.165) is 16.8 Å². The van der Waals surface area contributed by atoms with Crippen LogP contribution < -0.4 is 14.2 Å². The molecule has 1 aliphatic rings. The molecule has 2 aromatic heterocycles. The number of aromatic nitrogens is 3. The molecule has 8 nitrogen and oxygen atoms in total. The average molecular weight is 544 g/mol. The van der Waals surface area contributed by atoms with Gasteiger partial charge in [-0.2, -0.15) is 0 Å². The predicted molar refractivity (Wildman–Crippen MR) is 155 cm³/mol. The van der Waals surface area contributed by atoms with E-state index in [1.54, 1.807) is 12.3 Å². The van der Waals surface area contributed by atoms with Gasteiger partial charge in [-0.15, -0.1) is 0 Å². The number of nitrogens with zero attached hydrogens (tertiary/aromatic N) is 3. The molecule has 0 fully saturated rings. The van der Waals surface area contributed by atoms with Crippen molar-refractivity contribution in [1.29, 1.82) is 0 Å². The Hall–Kier alpha value is -5.50. The molecule has 2 N–H and O–H groups in total. The monoisotopic (exact) mass is 543 g/mol. The van der Waals surface area contributed by atoms with Gasteiger partial charge in [0.2, 0.25) is 0 Å². The van der Waals surface area contributed by atoms with Crippen LogP contribution in [0.25, 0.3) is 39.4 Å². The predicted octanol–water partition coefficient (Wildman–Crippen LogP) is 6.52. The third kappa shape index (κ3) is 4.65. The largest absolute Gasteiger partial charge is 0.507 e. The minimum Gasteiger partial charge on any atom is -0.507 e. The Morgan fingerprint density at radius 1 is 0.756 bits per heavy atom. The van der Waals surface area contributed by atoms with Gasteiger partial charge in [-0.3, -0.25) is 4.57 Å². The minimum atomic E-state index is -0.114. The number of rotatable bonds is 6. The van der Waals surface area contributed by atoms with E-state index in [-0.39, 0.29) is 11.5 Å². The van der Waals surface area contributed by atoms with Crippen molar-refractivity contribution in [3.05, 3.63) is 109 Å². The molecule has 1 aliphatic heterocycles. The fourth-order valence-electron chi connectivity index (χ4n) is 4.99. The van der Waals surface area contributed by atoms with Crippen molar-refractivity contribution in [2.75, 3.05) is 13.2 Å². The minimum absolute atomic E-state index is 0.0634. The van der Waals surface area contributed by atoms with Gasteiger partial charge >= 0.3 is 0 Å². The zero-order valence-electron chi connectivity index (χ0n) is 21.9. The maximum Gasteiger partial charge on any atom is 0.164 e. The Morgan fingerprint density at radius 3 is 2.46 bits per heavy atom. The molecule has 202 valence electrons. The topological polar surface area (TPSA) is 98.9 Å². The Labute approximate surface area is 235 Å². The molecule has 0 saturated carbocycles. The molecule has 8 heteroatoms. The normalized spacial score (nSPS) is 12.4. The van der Waals surface area contributed by atoms with Crippen LogP contribution in [-0.4, -0.2) is 38.0 Å². The first kappa shape index (κ1) is 24.5. The summed E-state index contributed by atoms with van der Waals surface area (Å²) in [4.78, 5) is 9.42. The zero-order valence-corrected chi connectivity index (χ0v) is 21.9. The maximum absolute atomic E-state index is 11.1. The van der Waals surface area contributed by atoms with Gasteiger partial charge in [0.15, 0.2) is 23.0 Å². The second kappa shape index (κ2) is 10.2. The second-order valence-corrected chi connectivity index (χ2v) is 9.63. The average Bonchev–Trinajstić information content (AvgIpc) is 3.40. The molecule has 0 bridgehead atoms. The van der Waals surface area contributed by atoms with E-state index in [1.807, 2.05) is 89.5 Å². The number of phenols is 2. The van der Waals surface area contributed by atoms with Crippen molar-refractivity contribution in [1.82, 2.24) is 14.5 Å². The Morgan fingerprint density at radius 2 is 1.59 bits per heavy atom. The highest BCUT2D eigenvalue weighted by atomic mass is 16.6. The molecule has 7 rings (SSSR count). The van der Waals surface area contributed by atoms with Crippen LogP contribution in [0.4, 0.5) is 0 Å². The number of imidazole rings is 1. The first-order chi connectivity index (χ1) is 20.1. The third-order valence-corrected chi connectivity index (χ3v) is 6.95. The molecule has 0 radical (unpaired) electrons. The molecule has 0 amide bonds. The van der Waals surface area contributed by atoms with E-state index in [9.17, 15) is 10.2 Å². The fraction of sp³-hybridized carbons (Fsp3) is 0.0909. The number of aromatic hydroxyl groups is 2. The molecule has 0 unspecified atom stereocenters. The molecule has 4 aromatic carbocycles. The van der Waals surface area contributed by atoms with Gasteiger partial charge in [0.05, 0.1) is 11.3 Å². The Bertz CT molecular complexity index is 1880. The SMILES string of the molecule is Oc1cc(O)c(-c2nc3cccnc3n2-c2ccc3c(c2)OCCO3)cc1-c1cccc(OCc2ccccc2)c1. The number of benzene rings is 4. The molecule has 41 heavy (non-hydrogen) atoms. The van der Waals surface area contributed by atoms with Crippen molar-refractivity contribution >= 4 is 11.2 Å². The number of ether oxygens (including phenoxy) is 3. The maximum atomic E-state index is 11.1. The lowest BCUT2D eigenvalue weighted by Gasteiger charge is -2.20. The van der Waals surface area contributed by atoms with E-state index in [0.29, 0.717) is 65.2 Å². The van der Waals surface area contributed by atoms with E-state index in [1.165, 1.54) is 6.07 Å². The number of hydrogen-bond acceptors (Lipinski definition) is 7. The van der Waals surface area contributed by atoms with Gasteiger partial charge in [0, 0.05) is 23.9 Å². The molecular weight excluding hydrogens is 518 g/mol. The molecule has 0 aliphatic carbocycles. The van der Waals surface area contributed by atoms with Crippen LogP contribution in [-0.2, 0) is 6.61 Å². The van der Waals surface area contributed by atoms with Crippen LogP contribution in [0.15, 0.2) is 103 Å². The van der Waals surface area contributed by atoms with Crippen LogP contribution in [0.1, 0.15) is 5.56 Å². The molecule has 0 atom stereocenters. The lowest BCUT2D eigenvalue weighted by Crippen LogP contribution is -2.15. The van der Waals surface area contributed by atoms with Crippen molar-refractivity contribution in [3.63, 3.8) is 0 Å². The number of hydrogen-bond donors (Lipinski definition) is 2. The summed E-state index contributed by atoms with van der Waals surface area (Å²) in [5.74, 6) is 2.24. The molecule has 6 aromatic rings. The molecular formula is C33H25N3O5. The standard InChI is InChI=1S/C33H25N3O5/c37-28-19-29(38)26(18-25(28)22-8-4-9-24(16-22)41-20-21-6-2-1-3-7-21)32-35-27-10-5-13-34-33(27)36(32)23-11-12-30-31(17-23)40-15-14-39-30/h1-13,16-19,37-38H,14-15,20H2. The number of pyridine rings is 1. The number of phenolic OH excluding ortho intramolecular Hbond substituents is 2. The summed E-state index contributed by atoms with van der Waals surface area (Å²) in [5, 5.41) is 22.0. The van der Waals surface area contributed by atoms with E-state index in [4.69, 9.17) is 19.2 Å². The highest BCUT2D eigenvalue weighted by molar-refractivity contribution is 5.85. The van der Waals surface area contributed by atoms with E-state index < -0.39 is 0 Å². The summed E-state index contributed by atoms with van der Waals surface area (Å²) in [5.41, 5.74) is 4.76. The third-order valence-electron chi connectivity index (χ3n) is 6.95. The van der Waals surface area contributed by atoms with Crippen LogP contribution in [0.5, 0.6) is 28.7 Å². The summed E-state index contributed by atoms with van der Waals surface area (Å²) in [6, 6.07) is 29.8. The Balaban J connectivity index is 1.32.